The zero-order valence-electron chi connectivity index (χ0n) is 13.2. The van der Waals surface area contributed by atoms with E-state index in [1.807, 2.05) is 20.8 Å². The number of ether oxygens (including phenoxy) is 1. The summed E-state index contributed by atoms with van der Waals surface area (Å²) in [7, 11) is -2.85. The van der Waals surface area contributed by atoms with Gasteiger partial charge in [-0.25, -0.2) is 13.2 Å². The van der Waals surface area contributed by atoms with Gasteiger partial charge in [-0.1, -0.05) is 0 Å². The molecule has 122 valence electrons. The van der Waals surface area contributed by atoms with Gasteiger partial charge in [-0.2, -0.15) is 0 Å². The number of rotatable bonds is 2. The van der Waals surface area contributed by atoms with Crippen molar-refractivity contribution in [3.05, 3.63) is 0 Å². The first-order valence-electron chi connectivity index (χ1n) is 7.59. The number of amides is 1. The predicted molar refractivity (Wildman–Crippen MR) is 81.1 cm³/mol. The molecule has 2 rings (SSSR count). The van der Waals surface area contributed by atoms with Gasteiger partial charge in [-0.3, -0.25) is 4.90 Å². The lowest BCUT2D eigenvalue weighted by atomic mass is 10.2. The number of hydrogen-bond donors (Lipinski definition) is 0. The van der Waals surface area contributed by atoms with Crippen molar-refractivity contribution < 1.29 is 17.9 Å². The number of sulfone groups is 1. The molecule has 6 nitrogen and oxygen atoms in total. The maximum atomic E-state index is 12.2. The molecular formula is C14H26N2O4S. The van der Waals surface area contributed by atoms with Gasteiger partial charge in [0, 0.05) is 32.2 Å². The maximum Gasteiger partial charge on any atom is 0.410 e. The van der Waals surface area contributed by atoms with Crippen LogP contribution < -0.4 is 0 Å². The lowest BCUT2D eigenvalue weighted by Gasteiger charge is -2.33. The third kappa shape index (κ3) is 4.85. The van der Waals surface area contributed by atoms with Gasteiger partial charge < -0.3 is 9.64 Å². The van der Waals surface area contributed by atoms with E-state index in [2.05, 4.69) is 4.90 Å². The van der Waals surface area contributed by atoms with Crippen LogP contribution in [-0.2, 0) is 14.6 Å². The van der Waals surface area contributed by atoms with Crippen molar-refractivity contribution in [2.45, 2.75) is 45.3 Å². The smallest absolute Gasteiger partial charge is 0.410 e. The van der Waals surface area contributed by atoms with E-state index >= 15 is 0 Å². The highest BCUT2D eigenvalue weighted by atomic mass is 32.2. The van der Waals surface area contributed by atoms with Crippen molar-refractivity contribution in [3.63, 3.8) is 0 Å². The molecule has 0 aromatic heterocycles. The van der Waals surface area contributed by atoms with Crippen LogP contribution in [0.25, 0.3) is 0 Å². The quantitative estimate of drug-likeness (QED) is 0.763. The van der Waals surface area contributed by atoms with Crippen molar-refractivity contribution in [2.75, 3.05) is 37.7 Å². The van der Waals surface area contributed by atoms with Crippen LogP contribution in [0.5, 0.6) is 0 Å². The number of carbonyl (C=O) groups is 1. The van der Waals surface area contributed by atoms with Crippen LogP contribution in [0, 0.1) is 0 Å². The second-order valence-electron chi connectivity index (χ2n) is 6.92. The number of likely N-dealkylation sites (tertiary alicyclic amines) is 1. The van der Waals surface area contributed by atoms with Gasteiger partial charge in [0.15, 0.2) is 9.84 Å². The van der Waals surface area contributed by atoms with E-state index in [0.717, 1.165) is 25.9 Å². The summed E-state index contributed by atoms with van der Waals surface area (Å²) in [5.74, 6) is 0.457. The molecular weight excluding hydrogens is 292 g/mol. The lowest BCUT2D eigenvalue weighted by Crippen LogP contribution is -2.49. The van der Waals surface area contributed by atoms with E-state index in [-0.39, 0.29) is 23.6 Å². The van der Waals surface area contributed by atoms with Crippen LogP contribution in [0.2, 0.25) is 0 Å². The summed E-state index contributed by atoms with van der Waals surface area (Å²) >= 11 is 0. The highest BCUT2D eigenvalue weighted by Crippen LogP contribution is 2.22. The van der Waals surface area contributed by atoms with Crippen LogP contribution in [0.4, 0.5) is 4.79 Å². The van der Waals surface area contributed by atoms with E-state index in [4.69, 9.17) is 4.74 Å². The average Bonchev–Trinajstić information content (AvgIpc) is 2.78. The molecule has 21 heavy (non-hydrogen) atoms. The molecule has 2 saturated heterocycles. The van der Waals surface area contributed by atoms with E-state index in [9.17, 15) is 13.2 Å². The first-order valence-corrected chi connectivity index (χ1v) is 9.41. The largest absolute Gasteiger partial charge is 0.444 e. The molecule has 0 aromatic carbocycles. The predicted octanol–water partition coefficient (Wildman–Crippen LogP) is 1.12. The minimum atomic E-state index is -2.85. The van der Waals surface area contributed by atoms with E-state index in [1.54, 1.807) is 4.90 Å². The van der Waals surface area contributed by atoms with E-state index in [0.29, 0.717) is 13.1 Å². The fourth-order valence-corrected chi connectivity index (χ4v) is 4.09. The van der Waals surface area contributed by atoms with Gasteiger partial charge in [0.25, 0.3) is 0 Å². The summed E-state index contributed by atoms with van der Waals surface area (Å²) in [6, 6.07) is 0.139. The second kappa shape index (κ2) is 6.12. The Balaban J connectivity index is 1.89. The molecule has 0 spiro atoms. The first kappa shape index (κ1) is 16.5. The summed E-state index contributed by atoms with van der Waals surface area (Å²) in [5, 5.41) is 0. The molecule has 0 saturated carbocycles. The van der Waals surface area contributed by atoms with Crippen molar-refractivity contribution in [1.29, 1.82) is 0 Å². The van der Waals surface area contributed by atoms with Crippen molar-refractivity contribution >= 4 is 15.9 Å². The zero-order chi connectivity index (χ0) is 15.7. The van der Waals surface area contributed by atoms with Crippen LogP contribution in [0.3, 0.4) is 0 Å². The summed E-state index contributed by atoms with van der Waals surface area (Å²) in [6.45, 7) is 8.21. The molecule has 1 amide bonds. The number of nitrogens with zero attached hydrogens (tertiary/aromatic N) is 2. The molecule has 1 unspecified atom stereocenters. The number of hydrogen-bond acceptors (Lipinski definition) is 5. The van der Waals surface area contributed by atoms with Gasteiger partial charge in [-0.05, 0) is 33.6 Å². The highest BCUT2D eigenvalue weighted by molar-refractivity contribution is 7.91. The van der Waals surface area contributed by atoms with Crippen LogP contribution in [0.15, 0.2) is 0 Å². The Bertz CT molecular complexity index is 470. The summed E-state index contributed by atoms with van der Waals surface area (Å²) < 4.78 is 28.3. The third-order valence-corrected chi connectivity index (χ3v) is 5.52. The molecule has 0 radical (unpaired) electrons. The average molecular weight is 318 g/mol. The van der Waals surface area contributed by atoms with Crippen molar-refractivity contribution in [3.8, 4) is 0 Å². The summed E-state index contributed by atoms with van der Waals surface area (Å²) in [4.78, 5) is 16.2. The standard InChI is InChI=1S/C14H26N2O4S/c1-14(2,3)20-13(17)16-6-4-5-12(16)11-15-7-9-21(18,19)10-8-15/h12H,4-11H2,1-3H3. The Labute approximate surface area is 127 Å². The zero-order valence-corrected chi connectivity index (χ0v) is 14.0. The second-order valence-corrected chi connectivity index (χ2v) is 9.23. The summed E-state index contributed by atoms with van der Waals surface area (Å²) in [5.41, 5.74) is -0.483. The number of carbonyl (C=O) groups excluding carboxylic acids is 1. The Kier molecular flexibility index (Phi) is 4.82. The summed E-state index contributed by atoms with van der Waals surface area (Å²) in [6.07, 6.45) is 1.69. The van der Waals surface area contributed by atoms with Gasteiger partial charge in [0.1, 0.15) is 5.60 Å². The lowest BCUT2D eigenvalue weighted by molar-refractivity contribution is 0.0198. The first-order chi connectivity index (χ1) is 9.66. The molecule has 0 aromatic rings. The van der Waals surface area contributed by atoms with Crippen molar-refractivity contribution in [2.24, 2.45) is 0 Å². The molecule has 0 N–H and O–H groups in total. The Hall–Kier alpha value is -0.820. The Morgan fingerprint density at radius 2 is 1.81 bits per heavy atom. The SMILES string of the molecule is CC(C)(C)OC(=O)N1CCCC1CN1CCS(=O)(=O)CC1. The van der Waals surface area contributed by atoms with Gasteiger partial charge in [0.05, 0.1) is 11.5 Å². The van der Waals surface area contributed by atoms with Crippen LogP contribution >= 0.6 is 0 Å². The van der Waals surface area contributed by atoms with E-state index in [1.165, 1.54) is 0 Å². The fourth-order valence-electron chi connectivity index (χ4n) is 2.82. The monoisotopic (exact) mass is 318 g/mol. The molecule has 2 fully saturated rings. The molecule has 2 aliphatic rings. The van der Waals surface area contributed by atoms with Crippen LogP contribution in [0.1, 0.15) is 33.6 Å². The Morgan fingerprint density at radius 1 is 1.19 bits per heavy atom. The maximum absolute atomic E-state index is 12.2. The minimum absolute atomic E-state index is 0.139. The molecule has 1 atom stereocenters. The normalized spacial score (nSPS) is 26.8. The Morgan fingerprint density at radius 3 is 2.38 bits per heavy atom. The van der Waals surface area contributed by atoms with Gasteiger partial charge in [-0.15, -0.1) is 0 Å². The molecule has 0 bridgehead atoms. The van der Waals surface area contributed by atoms with Crippen molar-refractivity contribution in [1.82, 2.24) is 9.80 Å². The topological polar surface area (TPSA) is 66.9 Å². The molecule has 2 aliphatic heterocycles. The molecule has 0 aliphatic carbocycles. The van der Waals surface area contributed by atoms with Crippen LogP contribution in [-0.4, -0.2) is 73.6 Å². The minimum Gasteiger partial charge on any atom is -0.444 e. The molecule has 7 heteroatoms. The molecule has 2 heterocycles. The fraction of sp³-hybridized carbons (Fsp3) is 0.929. The van der Waals surface area contributed by atoms with E-state index < -0.39 is 15.4 Å². The van der Waals surface area contributed by atoms with Gasteiger partial charge in [0.2, 0.25) is 0 Å². The van der Waals surface area contributed by atoms with Gasteiger partial charge >= 0.3 is 6.09 Å². The highest BCUT2D eigenvalue weighted by Gasteiger charge is 2.34. The third-order valence-electron chi connectivity index (χ3n) is 3.91.